The predicted octanol–water partition coefficient (Wildman–Crippen LogP) is 1.57. The van der Waals surface area contributed by atoms with E-state index in [1.807, 2.05) is 0 Å². The highest BCUT2D eigenvalue weighted by Gasteiger charge is 2.45. The van der Waals surface area contributed by atoms with Crippen LogP contribution in [-0.2, 0) is 13.0 Å². The van der Waals surface area contributed by atoms with Gasteiger partial charge in [0.15, 0.2) is 0 Å². The largest absolute Gasteiger partial charge is 0.487 e. The lowest BCUT2D eigenvalue weighted by molar-refractivity contribution is -0.0166. The molecule has 158 valence electrons. The third-order valence-electron chi connectivity index (χ3n) is 6.01. The van der Waals surface area contributed by atoms with E-state index in [2.05, 4.69) is 15.3 Å². The number of ether oxygens (including phenoxy) is 1. The van der Waals surface area contributed by atoms with Gasteiger partial charge in [-0.15, -0.1) is 0 Å². The van der Waals surface area contributed by atoms with Crippen LogP contribution in [0.5, 0.6) is 5.75 Å². The first-order chi connectivity index (χ1) is 14.5. The molecule has 1 aromatic carbocycles. The lowest BCUT2D eigenvalue weighted by Crippen LogP contribution is -2.35. The van der Waals surface area contributed by atoms with Gasteiger partial charge in [-0.3, -0.25) is 0 Å². The van der Waals surface area contributed by atoms with Crippen molar-refractivity contribution in [3.8, 4) is 5.75 Å². The Hall–Kier alpha value is -2.46. The Kier molecular flexibility index (Phi) is 4.78. The molecular weight excluding hydrogens is 413 g/mol. The van der Waals surface area contributed by atoms with Crippen LogP contribution in [0.4, 0.5) is 10.2 Å². The fraction of sp³-hybridized carbons (Fsp3) is 0.400. The second-order valence-electron chi connectivity index (χ2n) is 7.71. The van der Waals surface area contributed by atoms with Crippen LogP contribution in [0.2, 0.25) is 5.02 Å². The Bertz CT molecular complexity index is 1120. The lowest BCUT2D eigenvalue weighted by Gasteiger charge is -2.24. The Morgan fingerprint density at radius 2 is 2.07 bits per heavy atom. The van der Waals surface area contributed by atoms with Gasteiger partial charge < -0.3 is 30.6 Å². The number of halogens is 2. The number of aromatic nitrogens is 3. The number of hydrogen-bond donors (Lipinski definition) is 4. The van der Waals surface area contributed by atoms with E-state index in [1.165, 1.54) is 12.4 Å². The second kappa shape index (κ2) is 7.35. The quantitative estimate of drug-likeness (QED) is 0.495. The van der Waals surface area contributed by atoms with Gasteiger partial charge in [0.25, 0.3) is 0 Å². The van der Waals surface area contributed by atoms with Crippen molar-refractivity contribution >= 4 is 28.5 Å². The third kappa shape index (κ3) is 3.01. The van der Waals surface area contributed by atoms with Gasteiger partial charge in [-0.1, -0.05) is 11.6 Å². The molecular formula is C20H21ClFN5O3. The normalized spacial score (nSPS) is 26.1. The van der Waals surface area contributed by atoms with E-state index in [9.17, 15) is 14.6 Å². The van der Waals surface area contributed by atoms with Crippen molar-refractivity contribution in [1.82, 2.24) is 19.9 Å². The Balaban J connectivity index is 1.46. The Morgan fingerprint density at radius 3 is 2.90 bits per heavy atom. The molecule has 3 aromatic rings. The van der Waals surface area contributed by atoms with E-state index < -0.39 is 24.4 Å². The van der Waals surface area contributed by atoms with Gasteiger partial charge >= 0.3 is 0 Å². The van der Waals surface area contributed by atoms with Gasteiger partial charge in [0, 0.05) is 24.7 Å². The molecule has 10 heteroatoms. The molecule has 0 radical (unpaired) electrons. The molecule has 1 saturated carbocycles. The number of aliphatic hydroxyl groups is 2. The van der Waals surface area contributed by atoms with Crippen LogP contribution in [-0.4, -0.2) is 49.6 Å². The van der Waals surface area contributed by atoms with Crippen LogP contribution < -0.4 is 15.8 Å². The minimum atomic E-state index is -1.14. The predicted molar refractivity (Wildman–Crippen MR) is 109 cm³/mol. The van der Waals surface area contributed by atoms with Gasteiger partial charge in [-0.05, 0) is 30.7 Å². The smallest absolute Gasteiger partial charge is 0.147 e. The van der Waals surface area contributed by atoms with Crippen LogP contribution in [0, 0.1) is 5.82 Å². The van der Waals surface area contributed by atoms with Crippen LogP contribution in [0.25, 0.3) is 11.0 Å². The first kappa shape index (κ1) is 19.5. The fourth-order valence-corrected chi connectivity index (χ4v) is 4.77. The number of benzene rings is 1. The molecule has 0 amide bonds. The maximum absolute atomic E-state index is 14.2. The first-order valence-electron chi connectivity index (χ1n) is 9.76. The van der Waals surface area contributed by atoms with Crippen molar-refractivity contribution < 1.29 is 19.3 Å². The molecule has 3 heterocycles. The van der Waals surface area contributed by atoms with Crippen molar-refractivity contribution in [3.63, 3.8) is 0 Å². The molecule has 1 fully saturated rings. The number of nitrogens with zero attached hydrogens (tertiary/aromatic N) is 3. The summed E-state index contributed by atoms with van der Waals surface area (Å²) in [6.45, 7) is 1.19. The first-order valence-corrected chi connectivity index (χ1v) is 10.1. The molecule has 1 aliphatic carbocycles. The SMILES string of the molecule is Nc1ncnc2c1c(Cl)cn2[C@@H]1C[C@H](Oc2ccc(F)c3c2CNCC3)[C@@H](O)[C@H]1O. The summed E-state index contributed by atoms with van der Waals surface area (Å²) in [7, 11) is 0. The van der Waals surface area contributed by atoms with Gasteiger partial charge in [-0.2, -0.15) is 0 Å². The number of nitrogen functional groups attached to an aromatic ring is 1. The summed E-state index contributed by atoms with van der Waals surface area (Å²) in [4.78, 5) is 8.20. The summed E-state index contributed by atoms with van der Waals surface area (Å²) >= 11 is 6.31. The van der Waals surface area contributed by atoms with Crippen molar-refractivity contribution in [2.75, 3.05) is 12.3 Å². The van der Waals surface area contributed by atoms with Gasteiger partial charge in [-0.25, -0.2) is 14.4 Å². The van der Waals surface area contributed by atoms with E-state index >= 15 is 0 Å². The molecule has 0 unspecified atom stereocenters. The maximum Gasteiger partial charge on any atom is 0.147 e. The summed E-state index contributed by atoms with van der Waals surface area (Å²) < 4.78 is 21.9. The molecule has 2 aliphatic rings. The van der Waals surface area contributed by atoms with Crippen LogP contribution in [0.3, 0.4) is 0 Å². The number of hydrogen-bond acceptors (Lipinski definition) is 7. The van der Waals surface area contributed by atoms with Gasteiger partial charge in [0.1, 0.15) is 47.7 Å². The molecule has 0 spiro atoms. The molecule has 1 aliphatic heterocycles. The van der Waals surface area contributed by atoms with Crippen molar-refractivity contribution in [2.24, 2.45) is 0 Å². The van der Waals surface area contributed by atoms with Crippen molar-refractivity contribution in [1.29, 1.82) is 0 Å². The number of nitrogens with two attached hydrogens (primary N) is 1. The summed E-state index contributed by atoms with van der Waals surface area (Å²) in [5.74, 6) is 0.502. The van der Waals surface area contributed by atoms with Crippen molar-refractivity contribution in [2.45, 2.75) is 43.7 Å². The van der Waals surface area contributed by atoms with Gasteiger partial charge in [0.05, 0.1) is 16.5 Å². The minimum absolute atomic E-state index is 0.245. The zero-order valence-corrected chi connectivity index (χ0v) is 16.7. The van der Waals surface area contributed by atoms with Crippen LogP contribution in [0.15, 0.2) is 24.7 Å². The monoisotopic (exact) mass is 433 g/mol. The second-order valence-corrected chi connectivity index (χ2v) is 8.12. The van der Waals surface area contributed by atoms with Crippen molar-refractivity contribution in [3.05, 3.63) is 46.6 Å². The highest BCUT2D eigenvalue weighted by molar-refractivity contribution is 6.36. The van der Waals surface area contributed by atoms with Gasteiger partial charge in [0.2, 0.25) is 0 Å². The summed E-state index contributed by atoms with van der Waals surface area (Å²) in [6, 6.07) is 2.43. The molecule has 5 rings (SSSR count). The van der Waals surface area contributed by atoms with E-state index in [0.29, 0.717) is 53.3 Å². The van der Waals surface area contributed by atoms with E-state index in [-0.39, 0.29) is 11.6 Å². The fourth-order valence-electron chi connectivity index (χ4n) is 4.48. The molecule has 30 heavy (non-hydrogen) atoms. The van der Waals surface area contributed by atoms with Crippen LogP contribution >= 0.6 is 11.6 Å². The summed E-state index contributed by atoms with van der Waals surface area (Å²) in [5, 5.41) is 25.5. The maximum atomic E-state index is 14.2. The highest BCUT2D eigenvalue weighted by atomic mass is 35.5. The number of aliphatic hydroxyl groups excluding tert-OH is 2. The van der Waals surface area contributed by atoms with E-state index in [1.54, 1.807) is 16.8 Å². The summed E-state index contributed by atoms with van der Waals surface area (Å²) in [5.41, 5.74) is 7.78. The van der Waals surface area contributed by atoms with E-state index in [4.69, 9.17) is 22.1 Å². The molecule has 4 atom stereocenters. The minimum Gasteiger partial charge on any atom is -0.487 e. The summed E-state index contributed by atoms with van der Waals surface area (Å²) in [6.07, 6.45) is 0.919. The molecule has 2 aromatic heterocycles. The zero-order valence-electron chi connectivity index (χ0n) is 15.9. The number of nitrogens with one attached hydrogen (secondary N) is 1. The topological polar surface area (TPSA) is 118 Å². The Labute approximate surface area is 176 Å². The highest BCUT2D eigenvalue weighted by Crippen LogP contribution is 2.39. The van der Waals surface area contributed by atoms with Crippen LogP contribution in [0.1, 0.15) is 23.6 Å². The average molecular weight is 434 g/mol. The zero-order chi connectivity index (χ0) is 21.0. The number of fused-ring (bicyclic) bond motifs is 2. The molecule has 0 saturated heterocycles. The third-order valence-corrected chi connectivity index (χ3v) is 6.30. The molecule has 5 N–H and O–H groups in total. The number of anilines is 1. The Morgan fingerprint density at radius 1 is 1.23 bits per heavy atom. The lowest BCUT2D eigenvalue weighted by atomic mass is 9.99. The average Bonchev–Trinajstić information content (AvgIpc) is 3.22. The van der Waals surface area contributed by atoms with E-state index in [0.717, 1.165) is 5.56 Å². The molecule has 8 nitrogen and oxygen atoms in total. The standard InChI is InChI=1S/C20H21ClFN5O3/c21-11-7-27(20-16(11)19(23)25-8-26-20)13-5-15(18(29)17(13)28)30-14-2-1-12(22)9-3-4-24-6-10(9)14/h1-2,7-8,13,15,17-18,24,28-29H,3-6H2,(H2,23,25,26)/t13-,15+,17+,18-/m1/s1. The number of rotatable bonds is 3. The molecule has 0 bridgehead atoms.